The minimum Gasteiger partial charge on any atom is -0.379 e. The van der Waals surface area contributed by atoms with Gasteiger partial charge in [0, 0.05) is 24.4 Å². The van der Waals surface area contributed by atoms with Gasteiger partial charge in [-0.25, -0.2) is 9.50 Å². The van der Waals surface area contributed by atoms with Crippen molar-refractivity contribution in [2.45, 2.75) is 18.0 Å². The van der Waals surface area contributed by atoms with Crippen molar-refractivity contribution < 1.29 is 17.9 Å². The number of fused-ring (bicyclic) bond motifs is 1. The Morgan fingerprint density at radius 3 is 2.60 bits per heavy atom. The average molecular weight is 414 g/mol. The lowest BCUT2D eigenvalue weighted by Crippen LogP contribution is -2.49. The van der Waals surface area contributed by atoms with E-state index < -0.39 is 11.9 Å². The van der Waals surface area contributed by atoms with E-state index in [4.69, 9.17) is 4.74 Å². The Morgan fingerprint density at radius 2 is 1.93 bits per heavy atom. The summed E-state index contributed by atoms with van der Waals surface area (Å²) in [5.74, 6) is 1.08. The third-order valence-electron chi connectivity index (χ3n) is 5.44. The molecule has 7 nitrogen and oxygen atoms in total. The smallest absolute Gasteiger partial charge is 0.379 e. The Labute approximate surface area is 169 Å². The summed E-state index contributed by atoms with van der Waals surface area (Å²) in [6, 6.07) is 11.4. The summed E-state index contributed by atoms with van der Waals surface area (Å²) in [7, 11) is 1.89. The van der Waals surface area contributed by atoms with Crippen LogP contribution < -0.4 is 0 Å². The number of rotatable bonds is 4. The molecule has 0 unspecified atom stereocenters. The van der Waals surface area contributed by atoms with E-state index in [1.54, 1.807) is 12.4 Å². The fourth-order valence-corrected chi connectivity index (χ4v) is 3.72. The van der Waals surface area contributed by atoms with Crippen LogP contribution in [0.25, 0.3) is 17.0 Å². The van der Waals surface area contributed by atoms with Crippen molar-refractivity contribution in [2.75, 3.05) is 13.2 Å². The third kappa shape index (κ3) is 3.04. The van der Waals surface area contributed by atoms with Crippen molar-refractivity contribution in [1.29, 1.82) is 0 Å². The number of aromatic nitrogens is 6. The second-order valence-electron chi connectivity index (χ2n) is 7.50. The largest absolute Gasteiger partial charge is 0.433 e. The quantitative estimate of drug-likeness (QED) is 0.513. The molecule has 1 fully saturated rings. The predicted molar refractivity (Wildman–Crippen MR) is 101 cm³/mol. The summed E-state index contributed by atoms with van der Waals surface area (Å²) in [6.07, 6.45) is -2.22. The van der Waals surface area contributed by atoms with Gasteiger partial charge in [0.25, 0.3) is 0 Å². The number of hydrogen-bond donors (Lipinski definition) is 0. The van der Waals surface area contributed by atoms with E-state index in [9.17, 15) is 13.2 Å². The number of halogens is 3. The monoisotopic (exact) mass is 414 g/mol. The SMILES string of the molecule is Cn1cnnc1CC1(c2cccc(-c3nc4cccc(C(F)(F)F)n4n3)c2)COC1. The van der Waals surface area contributed by atoms with Gasteiger partial charge in [-0.2, -0.15) is 13.2 Å². The van der Waals surface area contributed by atoms with Crippen LogP contribution in [0.4, 0.5) is 13.2 Å². The van der Waals surface area contributed by atoms with Crippen LogP contribution in [-0.4, -0.2) is 42.6 Å². The van der Waals surface area contributed by atoms with E-state index >= 15 is 0 Å². The zero-order chi connectivity index (χ0) is 20.9. The molecule has 0 amide bonds. The highest BCUT2D eigenvalue weighted by atomic mass is 19.4. The molecule has 0 atom stereocenters. The van der Waals surface area contributed by atoms with Crippen LogP contribution in [0.2, 0.25) is 0 Å². The van der Waals surface area contributed by atoms with Gasteiger partial charge in [0.05, 0.1) is 13.2 Å². The van der Waals surface area contributed by atoms with Crippen LogP contribution in [0.15, 0.2) is 48.8 Å². The van der Waals surface area contributed by atoms with Crippen LogP contribution in [-0.2, 0) is 29.8 Å². The minimum absolute atomic E-state index is 0.144. The molecule has 10 heteroatoms. The molecule has 0 bridgehead atoms. The highest BCUT2D eigenvalue weighted by Crippen LogP contribution is 2.37. The van der Waals surface area contributed by atoms with Crippen LogP contribution in [0.3, 0.4) is 0 Å². The molecule has 0 radical (unpaired) electrons. The van der Waals surface area contributed by atoms with Gasteiger partial charge in [0.2, 0.25) is 0 Å². The molecule has 0 N–H and O–H groups in total. The first-order valence-corrected chi connectivity index (χ1v) is 9.30. The molecule has 4 aromatic rings. The maximum atomic E-state index is 13.3. The Kier molecular flexibility index (Phi) is 4.14. The first kappa shape index (κ1) is 18.7. The Morgan fingerprint density at radius 1 is 1.13 bits per heavy atom. The van der Waals surface area contributed by atoms with Gasteiger partial charge in [-0.3, -0.25) is 0 Å². The van der Waals surface area contributed by atoms with Gasteiger partial charge in [-0.1, -0.05) is 24.3 Å². The lowest BCUT2D eigenvalue weighted by Gasteiger charge is -2.41. The van der Waals surface area contributed by atoms with E-state index in [1.165, 1.54) is 12.1 Å². The Hall–Kier alpha value is -3.27. The van der Waals surface area contributed by atoms with Crippen LogP contribution >= 0.6 is 0 Å². The van der Waals surface area contributed by atoms with E-state index in [2.05, 4.69) is 20.3 Å². The van der Waals surface area contributed by atoms with E-state index in [1.807, 2.05) is 29.8 Å². The van der Waals surface area contributed by atoms with Crippen molar-refractivity contribution in [3.8, 4) is 11.4 Å². The van der Waals surface area contributed by atoms with Crippen molar-refractivity contribution >= 4 is 5.65 Å². The van der Waals surface area contributed by atoms with E-state index in [-0.39, 0.29) is 16.9 Å². The first-order valence-electron chi connectivity index (χ1n) is 9.30. The normalized spacial score (nSPS) is 16.0. The molecule has 0 saturated carbocycles. The highest BCUT2D eigenvalue weighted by Gasteiger charge is 2.42. The molecule has 0 aliphatic carbocycles. The second kappa shape index (κ2) is 6.63. The average Bonchev–Trinajstić information content (AvgIpc) is 3.29. The maximum absolute atomic E-state index is 13.3. The van der Waals surface area contributed by atoms with Crippen molar-refractivity contribution in [3.63, 3.8) is 0 Å². The van der Waals surface area contributed by atoms with Gasteiger partial charge in [0.1, 0.15) is 17.8 Å². The first-order chi connectivity index (χ1) is 14.4. The summed E-state index contributed by atoms with van der Waals surface area (Å²) in [5.41, 5.74) is 0.664. The molecule has 1 aliphatic rings. The van der Waals surface area contributed by atoms with E-state index in [0.717, 1.165) is 22.0 Å². The molecular formula is C20H17F3N6O. The number of benzene rings is 1. The number of ether oxygens (including phenoxy) is 1. The molecule has 1 aromatic carbocycles. The zero-order valence-electron chi connectivity index (χ0n) is 16.0. The summed E-state index contributed by atoms with van der Waals surface area (Å²) >= 11 is 0. The van der Waals surface area contributed by atoms with Crippen molar-refractivity contribution in [1.82, 2.24) is 29.4 Å². The second-order valence-corrected chi connectivity index (χ2v) is 7.50. The fraction of sp³-hybridized carbons (Fsp3) is 0.300. The molecular weight excluding hydrogens is 397 g/mol. The molecule has 3 aromatic heterocycles. The Bertz CT molecular complexity index is 1220. The van der Waals surface area contributed by atoms with Crippen LogP contribution in [0.1, 0.15) is 17.1 Å². The summed E-state index contributed by atoms with van der Waals surface area (Å²) in [6.45, 7) is 1.06. The van der Waals surface area contributed by atoms with Crippen LogP contribution in [0, 0.1) is 0 Å². The summed E-state index contributed by atoms with van der Waals surface area (Å²) in [4.78, 5) is 4.31. The van der Waals surface area contributed by atoms with E-state index in [0.29, 0.717) is 25.2 Å². The lowest BCUT2D eigenvalue weighted by atomic mass is 9.75. The minimum atomic E-state index is -4.52. The maximum Gasteiger partial charge on any atom is 0.433 e. The summed E-state index contributed by atoms with van der Waals surface area (Å²) in [5, 5.41) is 12.2. The Balaban J connectivity index is 1.55. The lowest BCUT2D eigenvalue weighted by molar-refractivity contribution is -0.142. The summed E-state index contributed by atoms with van der Waals surface area (Å²) < 4.78 is 48.1. The number of alkyl halides is 3. The number of aryl methyl sites for hydroxylation is 1. The van der Waals surface area contributed by atoms with Crippen molar-refractivity contribution in [2.24, 2.45) is 7.05 Å². The van der Waals surface area contributed by atoms with Gasteiger partial charge in [-0.05, 0) is 23.8 Å². The molecule has 1 saturated heterocycles. The molecule has 0 spiro atoms. The standard InChI is InChI=1S/C20H17F3N6O/c1-28-12-24-26-17(28)9-19(10-30-11-19)14-5-2-4-13(8-14)18-25-16-7-3-6-15(20(21,22)23)29(16)27-18/h2-8,12H,9-11H2,1H3. The van der Waals surface area contributed by atoms with Gasteiger partial charge in [0.15, 0.2) is 11.5 Å². The van der Waals surface area contributed by atoms with Gasteiger partial charge in [-0.15, -0.1) is 15.3 Å². The number of pyridine rings is 1. The molecule has 1 aliphatic heterocycles. The van der Waals surface area contributed by atoms with Crippen molar-refractivity contribution in [3.05, 3.63) is 65.9 Å². The fourth-order valence-electron chi connectivity index (χ4n) is 3.72. The predicted octanol–water partition coefficient (Wildman–Crippen LogP) is 3.05. The van der Waals surface area contributed by atoms with Gasteiger partial charge < -0.3 is 9.30 Å². The molecule has 154 valence electrons. The topological polar surface area (TPSA) is 70.1 Å². The molecule has 4 heterocycles. The number of hydrogen-bond acceptors (Lipinski definition) is 5. The van der Waals surface area contributed by atoms with Crippen LogP contribution in [0.5, 0.6) is 0 Å². The van der Waals surface area contributed by atoms with Gasteiger partial charge >= 0.3 is 6.18 Å². The molecule has 5 rings (SSSR count). The third-order valence-corrected chi connectivity index (χ3v) is 5.44. The zero-order valence-corrected chi connectivity index (χ0v) is 16.0. The molecule has 30 heavy (non-hydrogen) atoms. The number of nitrogens with zero attached hydrogens (tertiary/aromatic N) is 6. The highest BCUT2D eigenvalue weighted by molar-refractivity contribution is 5.60.